The Balaban J connectivity index is 1.88. The summed E-state index contributed by atoms with van der Waals surface area (Å²) < 4.78 is 5.38. The molecule has 1 atom stereocenters. The van der Waals surface area contributed by atoms with Crippen molar-refractivity contribution < 1.29 is 19.4 Å². The first kappa shape index (κ1) is 19.8. The largest absolute Gasteiger partial charge is 0.507 e. The topological polar surface area (TPSA) is 79.7 Å². The molecule has 2 aromatic heterocycles. The molecule has 1 fully saturated rings. The molecule has 30 heavy (non-hydrogen) atoms. The number of rotatable bonds is 5. The van der Waals surface area contributed by atoms with Crippen molar-refractivity contribution in [3.63, 3.8) is 0 Å². The van der Waals surface area contributed by atoms with E-state index < -0.39 is 17.7 Å². The number of pyridine rings is 1. The minimum atomic E-state index is -0.717. The summed E-state index contributed by atoms with van der Waals surface area (Å²) >= 11 is 1.42. The van der Waals surface area contributed by atoms with Gasteiger partial charge in [0.05, 0.1) is 30.5 Å². The molecule has 152 valence electrons. The predicted octanol–water partition coefficient (Wildman–Crippen LogP) is 4.08. The van der Waals surface area contributed by atoms with E-state index in [0.717, 1.165) is 10.4 Å². The van der Waals surface area contributed by atoms with E-state index in [4.69, 9.17) is 4.74 Å². The summed E-state index contributed by atoms with van der Waals surface area (Å²) in [4.78, 5) is 32.5. The van der Waals surface area contributed by atoms with Crippen LogP contribution in [-0.4, -0.2) is 33.8 Å². The zero-order valence-electron chi connectivity index (χ0n) is 16.5. The Morgan fingerprint density at radius 3 is 2.70 bits per heavy atom. The third-order valence-corrected chi connectivity index (χ3v) is 5.95. The smallest absolute Gasteiger partial charge is 0.296 e. The molecule has 3 aromatic rings. The quantitative estimate of drug-likeness (QED) is 0.382. The minimum Gasteiger partial charge on any atom is -0.507 e. The summed E-state index contributed by atoms with van der Waals surface area (Å²) in [7, 11) is 1.50. The van der Waals surface area contributed by atoms with Crippen LogP contribution in [0.2, 0.25) is 0 Å². The number of Topliss-reactive ketones (excluding diaryl/α,β-unsaturated/α-hetero) is 1. The van der Waals surface area contributed by atoms with Crippen molar-refractivity contribution in [1.82, 2.24) is 9.88 Å². The van der Waals surface area contributed by atoms with Gasteiger partial charge in [0.15, 0.2) is 0 Å². The van der Waals surface area contributed by atoms with Crippen LogP contribution in [0.4, 0.5) is 0 Å². The van der Waals surface area contributed by atoms with E-state index >= 15 is 0 Å². The third kappa shape index (κ3) is 3.48. The van der Waals surface area contributed by atoms with Crippen LogP contribution >= 0.6 is 11.3 Å². The third-order valence-electron chi connectivity index (χ3n) is 5.02. The molecule has 7 heteroatoms. The maximum absolute atomic E-state index is 13.0. The van der Waals surface area contributed by atoms with Crippen LogP contribution in [0.3, 0.4) is 0 Å². The fourth-order valence-electron chi connectivity index (χ4n) is 3.60. The highest BCUT2D eigenvalue weighted by molar-refractivity contribution is 7.10. The number of carbonyl (C=O) groups is 2. The highest BCUT2D eigenvalue weighted by Gasteiger charge is 2.46. The van der Waals surface area contributed by atoms with Crippen LogP contribution in [0.1, 0.15) is 27.7 Å². The molecule has 1 amide bonds. The SMILES string of the molecule is COc1ccc(C)cc1/C(O)=C1/C(=O)C(=O)N(Cc2ccccn2)C1c1cccs1. The first-order valence-corrected chi connectivity index (χ1v) is 10.3. The molecule has 4 rings (SSSR count). The highest BCUT2D eigenvalue weighted by atomic mass is 32.1. The van der Waals surface area contributed by atoms with Crippen LogP contribution < -0.4 is 4.74 Å². The Labute approximate surface area is 178 Å². The molecule has 0 saturated carbocycles. The van der Waals surface area contributed by atoms with E-state index in [2.05, 4.69) is 4.98 Å². The summed E-state index contributed by atoms with van der Waals surface area (Å²) in [6.07, 6.45) is 1.64. The highest BCUT2D eigenvalue weighted by Crippen LogP contribution is 2.43. The van der Waals surface area contributed by atoms with Crippen LogP contribution in [0.25, 0.3) is 5.76 Å². The number of nitrogens with zero attached hydrogens (tertiary/aromatic N) is 2. The molecule has 1 unspecified atom stereocenters. The van der Waals surface area contributed by atoms with Crippen molar-refractivity contribution in [1.29, 1.82) is 0 Å². The number of hydrogen-bond acceptors (Lipinski definition) is 6. The number of amides is 1. The molecular weight excluding hydrogens is 400 g/mol. The summed E-state index contributed by atoms with van der Waals surface area (Å²) in [5, 5.41) is 13.1. The van der Waals surface area contributed by atoms with Gasteiger partial charge in [0.2, 0.25) is 0 Å². The number of methoxy groups -OCH3 is 1. The van der Waals surface area contributed by atoms with E-state index in [1.54, 1.807) is 30.5 Å². The number of ketones is 1. The molecule has 0 radical (unpaired) electrons. The Morgan fingerprint density at radius 2 is 2.03 bits per heavy atom. The minimum absolute atomic E-state index is 0.0577. The average molecular weight is 420 g/mol. The standard InChI is InChI=1S/C23H20N2O4S/c1-14-8-9-17(29-2)16(12-14)21(26)19-20(18-7-5-11-30-18)25(23(28)22(19)27)13-15-6-3-4-10-24-15/h3-12,20,26H,13H2,1-2H3/b21-19-. The first-order chi connectivity index (χ1) is 14.5. The van der Waals surface area contributed by atoms with Crippen molar-refractivity contribution in [2.45, 2.75) is 19.5 Å². The molecule has 1 aliphatic rings. The van der Waals surface area contributed by atoms with Crippen molar-refractivity contribution in [3.8, 4) is 5.75 Å². The normalized spacial score (nSPS) is 18.1. The van der Waals surface area contributed by atoms with E-state index in [1.165, 1.54) is 23.3 Å². The maximum atomic E-state index is 13.0. The number of aromatic nitrogens is 1. The molecule has 1 N–H and O–H groups in total. The first-order valence-electron chi connectivity index (χ1n) is 9.38. The average Bonchev–Trinajstić information content (AvgIpc) is 3.37. The Hall–Kier alpha value is -3.45. The van der Waals surface area contributed by atoms with Crippen LogP contribution in [0.15, 0.2) is 65.7 Å². The van der Waals surface area contributed by atoms with Gasteiger partial charge in [-0.3, -0.25) is 14.6 Å². The second-order valence-corrected chi connectivity index (χ2v) is 7.95. The van der Waals surface area contributed by atoms with E-state index in [-0.39, 0.29) is 17.9 Å². The zero-order valence-corrected chi connectivity index (χ0v) is 17.3. The second-order valence-electron chi connectivity index (χ2n) is 6.97. The number of aryl methyl sites for hydroxylation is 1. The molecule has 0 spiro atoms. The molecule has 3 heterocycles. The number of carbonyl (C=O) groups excluding carboxylic acids is 2. The lowest BCUT2D eigenvalue weighted by Gasteiger charge is -2.24. The van der Waals surface area contributed by atoms with Gasteiger partial charge in [-0.25, -0.2) is 0 Å². The van der Waals surface area contributed by atoms with Crippen LogP contribution in [-0.2, 0) is 16.1 Å². The Bertz CT molecular complexity index is 1120. The predicted molar refractivity (Wildman–Crippen MR) is 114 cm³/mol. The molecular formula is C23H20N2O4S. The molecule has 0 aliphatic carbocycles. The monoisotopic (exact) mass is 420 g/mol. The van der Waals surface area contributed by atoms with Gasteiger partial charge in [0.1, 0.15) is 17.6 Å². The van der Waals surface area contributed by atoms with E-state index in [1.807, 2.05) is 36.6 Å². The molecule has 1 saturated heterocycles. The van der Waals surface area contributed by atoms with Crippen LogP contribution in [0.5, 0.6) is 5.75 Å². The number of benzene rings is 1. The van der Waals surface area contributed by atoms with Crippen LogP contribution in [0, 0.1) is 6.92 Å². The maximum Gasteiger partial charge on any atom is 0.296 e. The lowest BCUT2D eigenvalue weighted by atomic mass is 9.98. The van der Waals surface area contributed by atoms with Crippen molar-refractivity contribution in [3.05, 3.63) is 87.4 Å². The number of likely N-dealkylation sites (tertiary alicyclic amines) is 1. The van der Waals surface area contributed by atoms with Gasteiger partial charge >= 0.3 is 0 Å². The van der Waals surface area contributed by atoms with E-state index in [9.17, 15) is 14.7 Å². The summed E-state index contributed by atoms with van der Waals surface area (Å²) in [6.45, 7) is 2.04. The second kappa shape index (κ2) is 8.12. The number of thiophene rings is 1. The fraction of sp³-hybridized carbons (Fsp3) is 0.174. The van der Waals surface area contributed by atoms with Crippen molar-refractivity contribution in [2.24, 2.45) is 0 Å². The van der Waals surface area contributed by atoms with Gasteiger partial charge in [0, 0.05) is 11.1 Å². The molecule has 1 aliphatic heterocycles. The Kier molecular flexibility index (Phi) is 5.37. The van der Waals surface area contributed by atoms with Gasteiger partial charge in [-0.1, -0.05) is 23.8 Å². The van der Waals surface area contributed by atoms with Crippen molar-refractivity contribution in [2.75, 3.05) is 7.11 Å². The molecule has 0 bridgehead atoms. The summed E-state index contributed by atoms with van der Waals surface area (Å²) in [6, 6.07) is 13.8. The number of aliphatic hydroxyl groups excluding tert-OH is 1. The Morgan fingerprint density at radius 1 is 1.20 bits per heavy atom. The van der Waals surface area contributed by atoms with Gasteiger partial charge in [-0.15, -0.1) is 11.3 Å². The molecule has 1 aromatic carbocycles. The van der Waals surface area contributed by atoms with E-state index in [0.29, 0.717) is 17.0 Å². The number of aliphatic hydroxyl groups is 1. The fourth-order valence-corrected chi connectivity index (χ4v) is 4.45. The zero-order chi connectivity index (χ0) is 21.3. The van der Waals surface area contributed by atoms with Crippen molar-refractivity contribution >= 4 is 28.8 Å². The van der Waals surface area contributed by atoms with Gasteiger partial charge in [-0.2, -0.15) is 0 Å². The number of hydrogen-bond donors (Lipinski definition) is 1. The van der Waals surface area contributed by atoms with Gasteiger partial charge in [-0.05, 0) is 42.6 Å². The lowest BCUT2D eigenvalue weighted by Crippen LogP contribution is -2.29. The van der Waals surface area contributed by atoms with Gasteiger partial charge < -0.3 is 14.7 Å². The number of ether oxygens (including phenoxy) is 1. The lowest BCUT2D eigenvalue weighted by molar-refractivity contribution is -0.140. The summed E-state index contributed by atoms with van der Waals surface area (Å²) in [5.74, 6) is -1.19. The summed E-state index contributed by atoms with van der Waals surface area (Å²) in [5.41, 5.74) is 2.00. The molecule has 6 nitrogen and oxygen atoms in total. The van der Waals surface area contributed by atoms with Gasteiger partial charge in [0.25, 0.3) is 11.7 Å².